The number of carboxylic acid groups (broad SMARTS) is 1. The number of carbonyl (C=O) groups is 2. The summed E-state index contributed by atoms with van der Waals surface area (Å²) in [4.78, 5) is 26.6. The zero-order valence-electron chi connectivity index (χ0n) is 13.6. The molecule has 0 aliphatic carbocycles. The molecule has 0 fully saturated rings. The van der Waals surface area contributed by atoms with E-state index in [1.54, 1.807) is 18.2 Å². The molecule has 2 rings (SSSR count). The van der Waals surface area contributed by atoms with E-state index in [-0.39, 0.29) is 5.69 Å². The molecule has 0 saturated carbocycles. The summed E-state index contributed by atoms with van der Waals surface area (Å²) in [5.41, 5.74) is 1.78. The Balaban J connectivity index is 2.35. The number of nitrogens with zero attached hydrogens (tertiary/aromatic N) is 1. The van der Waals surface area contributed by atoms with Crippen molar-refractivity contribution in [3.8, 4) is 16.9 Å². The van der Waals surface area contributed by atoms with Gasteiger partial charge in [-0.2, -0.15) is 0 Å². The Labute approximate surface area is 135 Å². The third kappa shape index (κ3) is 3.62. The molecule has 2 aromatic rings. The van der Waals surface area contributed by atoms with Crippen molar-refractivity contribution in [2.24, 2.45) is 0 Å². The molecule has 0 atom stereocenters. The maximum absolute atomic E-state index is 12.0. The van der Waals surface area contributed by atoms with Crippen molar-refractivity contribution >= 4 is 23.4 Å². The monoisotopic (exact) mass is 321 g/mol. The van der Waals surface area contributed by atoms with Crippen LogP contribution in [0.3, 0.4) is 0 Å². The molecule has 2 N–H and O–H groups in total. The summed E-state index contributed by atoms with van der Waals surface area (Å²) in [6, 6.07) is 6.53. The molecular formula is C16H14ClNO4. The van der Waals surface area contributed by atoms with Gasteiger partial charge in [-0.15, -0.1) is 0 Å². The summed E-state index contributed by atoms with van der Waals surface area (Å²) in [5, 5.41) is 19.3. The molecule has 6 heteroatoms. The van der Waals surface area contributed by atoms with Crippen LogP contribution in [-0.2, 0) is 4.79 Å². The molecule has 1 heterocycles. The van der Waals surface area contributed by atoms with Gasteiger partial charge in [0, 0.05) is 25.9 Å². The van der Waals surface area contributed by atoms with Crippen molar-refractivity contribution in [3.05, 3.63) is 46.7 Å². The number of rotatable bonds is 5. The fraction of sp³-hybridized carbons (Fsp3) is 0.188. The van der Waals surface area contributed by atoms with Crippen LogP contribution in [0.2, 0.25) is 5.02 Å². The van der Waals surface area contributed by atoms with Crippen LogP contribution in [0.15, 0.2) is 30.5 Å². The molecule has 0 bridgehead atoms. The number of hydrogen-bond donors (Lipinski definition) is 2. The summed E-state index contributed by atoms with van der Waals surface area (Å²) < 4.78 is 14.6. The number of pyridine rings is 1. The van der Waals surface area contributed by atoms with Gasteiger partial charge in [0.15, 0.2) is 5.78 Å². The number of carboxylic acids is 1. The first kappa shape index (κ1) is 13.3. The lowest BCUT2D eigenvalue weighted by atomic mass is 10.0. The summed E-state index contributed by atoms with van der Waals surface area (Å²) in [6.45, 7) is 1.85. The van der Waals surface area contributed by atoms with Gasteiger partial charge in [-0.25, -0.2) is 4.98 Å². The van der Waals surface area contributed by atoms with Gasteiger partial charge in [-0.05, 0) is 36.2 Å². The molecular weight excluding hydrogens is 306 g/mol. The average molecular weight is 322 g/mol. The second-order valence-corrected chi connectivity index (χ2v) is 5.07. The topological polar surface area (TPSA) is 87.5 Å². The maximum atomic E-state index is 12.0. The van der Waals surface area contributed by atoms with Crippen molar-refractivity contribution in [2.75, 3.05) is 0 Å². The van der Waals surface area contributed by atoms with Crippen molar-refractivity contribution < 1.29 is 22.5 Å². The number of halogens is 1. The van der Waals surface area contributed by atoms with E-state index in [9.17, 15) is 14.7 Å². The van der Waals surface area contributed by atoms with Gasteiger partial charge in [-0.1, -0.05) is 17.7 Å². The van der Waals surface area contributed by atoms with Gasteiger partial charge < -0.3 is 10.2 Å². The number of hydrogen-bond acceptors (Lipinski definition) is 4. The Bertz CT molecular complexity index is 824. The lowest BCUT2D eigenvalue weighted by molar-refractivity contribution is -0.136. The molecule has 0 unspecified atom stereocenters. The number of ketones is 1. The van der Waals surface area contributed by atoms with Crippen LogP contribution in [0.1, 0.15) is 31.6 Å². The zero-order chi connectivity index (χ0) is 18.1. The third-order valence-electron chi connectivity index (χ3n) is 3.04. The summed E-state index contributed by atoms with van der Waals surface area (Å²) in [6.07, 6.45) is -2.30. The molecule has 0 saturated heterocycles. The van der Waals surface area contributed by atoms with Gasteiger partial charge in [0.1, 0.15) is 11.4 Å². The number of aromatic nitrogens is 1. The zero-order valence-corrected chi connectivity index (χ0v) is 12.4. The molecule has 0 aliphatic heterocycles. The summed E-state index contributed by atoms with van der Waals surface area (Å²) >= 11 is 5.96. The van der Waals surface area contributed by atoms with E-state index in [2.05, 4.69) is 4.98 Å². The van der Waals surface area contributed by atoms with E-state index in [1.165, 1.54) is 12.3 Å². The SMILES string of the molecule is [2H]C([2H])(CC(=O)c1ncc(-c2cc(Cl)ccc2C)cc1O)C(=O)O. The third-order valence-corrected chi connectivity index (χ3v) is 3.28. The summed E-state index contributed by atoms with van der Waals surface area (Å²) in [5.74, 6) is -3.09. The van der Waals surface area contributed by atoms with Crippen molar-refractivity contribution in [1.29, 1.82) is 0 Å². The first-order valence-electron chi connectivity index (χ1n) is 7.34. The van der Waals surface area contributed by atoms with Gasteiger partial charge >= 0.3 is 5.97 Å². The molecule has 22 heavy (non-hydrogen) atoms. The van der Waals surface area contributed by atoms with Gasteiger partial charge in [0.25, 0.3) is 0 Å². The fourth-order valence-electron chi connectivity index (χ4n) is 1.96. The number of aryl methyl sites for hydroxylation is 1. The highest BCUT2D eigenvalue weighted by Gasteiger charge is 2.16. The highest BCUT2D eigenvalue weighted by atomic mass is 35.5. The second kappa shape index (κ2) is 6.58. The Hall–Kier alpha value is -2.40. The van der Waals surface area contributed by atoms with Crippen LogP contribution in [0.25, 0.3) is 11.1 Å². The highest BCUT2D eigenvalue weighted by molar-refractivity contribution is 6.30. The quantitative estimate of drug-likeness (QED) is 0.823. The van der Waals surface area contributed by atoms with E-state index in [1.807, 2.05) is 6.92 Å². The van der Waals surface area contributed by atoms with Crippen LogP contribution in [0.4, 0.5) is 0 Å². The van der Waals surface area contributed by atoms with Gasteiger partial charge in [-0.3, -0.25) is 9.59 Å². The molecule has 0 spiro atoms. The van der Waals surface area contributed by atoms with E-state index in [4.69, 9.17) is 19.4 Å². The minimum atomic E-state index is -2.73. The first-order chi connectivity index (χ1) is 11.1. The van der Waals surface area contributed by atoms with Crippen molar-refractivity contribution in [1.82, 2.24) is 4.98 Å². The van der Waals surface area contributed by atoms with E-state index in [0.717, 1.165) is 11.1 Å². The predicted molar refractivity (Wildman–Crippen MR) is 82.3 cm³/mol. The van der Waals surface area contributed by atoms with Crippen LogP contribution in [-0.4, -0.2) is 26.9 Å². The lowest BCUT2D eigenvalue weighted by Crippen LogP contribution is -2.06. The minimum Gasteiger partial charge on any atom is -0.506 e. The number of benzene rings is 1. The lowest BCUT2D eigenvalue weighted by Gasteiger charge is -2.09. The molecule has 1 aromatic carbocycles. The maximum Gasteiger partial charge on any atom is 0.303 e. The van der Waals surface area contributed by atoms with Crippen molar-refractivity contribution in [2.45, 2.75) is 19.7 Å². The Morgan fingerprint density at radius 2 is 2.09 bits per heavy atom. The molecule has 5 nitrogen and oxygen atoms in total. The average Bonchev–Trinajstić information content (AvgIpc) is 2.48. The Kier molecular flexibility index (Phi) is 3.97. The van der Waals surface area contributed by atoms with Crippen LogP contribution in [0.5, 0.6) is 5.75 Å². The molecule has 1 aromatic heterocycles. The second-order valence-electron chi connectivity index (χ2n) is 4.63. The van der Waals surface area contributed by atoms with Crippen molar-refractivity contribution in [3.63, 3.8) is 0 Å². The van der Waals surface area contributed by atoms with Gasteiger partial charge in [0.2, 0.25) is 0 Å². The number of aliphatic carboxylic acids is 1. The summed E-state index contributed by atoms with van der Waals surface area (Å²) in [7, 11) is 0. The highest BCUT2D eigenvalue weighted by Crippen LogP contribution is 2.29. The number of Topliss-reactive ketones (excluding diaryl/α,β-unsaturated/α-hetero) is 1. The van der Waals surface area contributed by atoms with Crippen LogP contribution < -0.4 is 0 Å². The molecule has 0 amide bonds. The number of carbonyl (C=O) groups excluding carboxylic acids is 1. The fourth-order valence-corrected chi connectivity index (χ4v) is 2.13. The molecule has 114 valence electrons. The standard InChI is InChI=1S/C16H14ClNO4/c1-9-2-3-11(17)7-12(9)10-6-14(20)16(18-8-10)13(19)4-5-15(21)22/h2-3,6-8,20H,4-5H2,1H3,(H,21,22)/i5D2. The minimum absolute atomic E-state index is 0.372. The molecule has 0 aliphatic rings. The first-order valence-corrected chi connectivity index (χ1v) is 6.72. The molecule has 0 radical (unpaired) electrons. The smallest absolute Gasteiger partial charge is 0.303 e. The van der Waals surface area contributed by atoms with Crippen LogP contribution >= 0.6 is 11.6 Å². The van der Waals surface area contributed by atoms with E-state index >= 15 is 0 Å². The van der Waals surface area contributed by atoms with E-state index < -0.39 is 30.3 Å². The Morgan fingerprint density at radius 3 is 2.73 bits per heavy atom. The van der Waals surface area contributed by atoms with E-state index in [0.29, 0.717) is 10.6 Å². The normalized spacial score (nSPS) is 12.5. The predicted octanol–water partition coefficient (Wildman–Crippen LogP) is 3.46. The Morgan fingerprint density at radius 1 is 1.36 bits per heavy atom. The van der Waals surface area contributed by atoms with Crippen LogP contribution in [0, 0.1) is 6.92 Å². The van der Waals surface area contributed by atoms with Gasteiger partial charge in [0.05, 0.1) is 6.37 Å². The number of aromatic hydroxyl groups is 1. The largest absolute Gasteiger partial charge is 0.506 e.